The Kier molecular flexibility index (Phi) is 10.2. The molecule has 2 amide bonds. The molecule has 12 heteroatoms. The standard InChI is InChI=1S/C43H55FN8O3/c1-6-55-20-8-7-9-38(53)49-18-14-43(15-19-49)32-11-10-29(21-37(32)52(41(43)54)31-22-30(23-31)50-17-13-42(4,5)26-50)35-24-36-39(51(27-46-36)28(2)3)40(48-35)47-34-12-16-45-25-33(34)44/h10-12,16,21,24-25,27-28,30-31H,6-9,13-15,17-20,22-23,26H2,1-5H3,(H,45,47,48). The van der Waals surface area contributed by atoms with Gasteiger partial charge in [0.25, 0.3) is 0 Å². The molecule has 1 aliphatic carbocycles. The second-order valence-electron chi connectivity index (χ2n) is 17.1. The summed E-state index contributed by atoms with van der Waals surface area (Å²) in [4.78, 5) is 48.6. The molecular formula is C43H55FN8O3. The van der Waals surface area contributed by atoms with E-state index in [9.17, 15) is 14.0 Å². The Morgan fingerprint density at radius 1 is 1.05 bits per heavy atom. The number of fused-ring (bicyclic) bond motifs is 3. The molecule has 1 saturated carbocycles. The first-order chi connectivity index (χ1) is 26.5. The number of rotatable bonds is 12. The third kappa shape index (κ3) is 7.01. The second kappa shape index (κ2) is 14.9. The van der Waals surface area contributed by atoms with Crippen LogP contribution in [0.2, 0.25) is 0 Å². The lowest BCUT2D eigenvalue weighted by Gasteiger charge is -2.46. The van der Waals surface area contributed by atoms with Crippen LogP contribution in [0.25, 0.3) is 22.3 Å². The molecule has 6 heterocycles. The van der Waals surface area contributed by atoms with E-state index in [4.69, 9.17) is 14.7 Å². The number of imidazole rings is 1. The van der Waals surface area contributed by atoms with Gasteiger partial charge in [-0.1, -0.05) is 26.0 Å². The van der Waals surface area contributed by atoms with Crippen molar-refractivity contribution in [1.82, 2.24) is 29.3 Å². The van der Waals surface area contributed by atoms with Crippen molar-refractivity contribution in [3.8, 4) is 11.3 Å². The molecule has 0 atom stereocenters. The van der Waals surface area contributed by atoms with Crippen LogP contribution in [0.1, 0.15) is 97.6 Å². The highest BCUT2D eigenvalue weighted by atomic mass is 19.1. The number of amides is 2. The summed E-state index contributed by atoms with van der Waals surface area (Å²) in [6.07, 6.45) is 11.1. The molecule has 4 aromatic rings. The molecular weight excluding hydrogens is 696 g/mol. The summed E-state index contributed by atoms with van der Waals surface area (Å²) in [7, 11) is 0. The third-order valence-electron chi connectivity index (χ3n) is 12.6. The van der Waals surface area contributed by atoms with Crippen LogP contribution in [0.4, 0.5) is 21.6 Å². The number of benzene rings is 1. The summed E-state index contributed by atoms with van der Waals surface area (Å²) in [5.41, 5.74) is 5.02. The zero-order valence-corrected chi connectivity index (χ0v) is 33.0. The van der Waals surface area contributed by atoms with E-state index in [1.165, 1.54) is 12.6 Å². The summed E-state index contributed by atoms with van der Waals surface area (Å²) in [6, 6.07) is 10.6. The number of nitrogens with zero attached hydrogens (tertiary/aromatic N) is 7. The minimum absolute atomic E-state index is 0.108. The van der Waals surface area contributed by atoms with Crippen molar-refractivity contribution >= 4 is 40.0 Å². The monoisotopic (exact) mass is 750 g/mol. The SMILES string of the molecule is CCOCCCCC(=O)N1CCC2(CC1)C(=O)N(C1CC(N3CCC(C)(C)C3)C1)c1cc(-c3cc4ncn(C(C)C)c4c(Nc4ccncc4F)n3)ccc12. The maximum Gasteiger partial charge on any atom is 0.238 e. The molecule has 1 spiro atoms. The van der Waals surface area contributed by atoms with Crippen molar-refractivity contribution in [2.24, 2.45) is 5.41 Å². The van der Waals surface area contributed by atoms with Crippen LogP contribution in [0.15, 0.2) is 49.1 Å². The number of hydrogen-bond acceptors (Lipinski definition) is 8. The van der Waals surface area contributed by atoms with E-state index in [2.05, 4.69) is 66.0 Å². The maximum absolute atomic E-state index is 14.9. The quantitative estimate of drug-likeness (QED) is 0.147. The lowest BCUT2D eigenvalue weighted by Crippen LogP contribution is -2.57. The van der Waals surface area contributed by atoms with Crippen molar-refractivity contribution in [3.63, 3.8) is 0 Å². The molecule has 8 rings (SSSR count). The fourth-order valence-corrected chi connectivity index (χ4v) is 9.34. The Hall–Kier alpha value is -4.42. The van der Waals surface area contributed by atoms with Gasteiger partial charge in [0.15, 0.2) is 11.6 Å². The molecule has 55 heavy (non-hydrogen) atoms. The summed E-state index contributed by atoms with van der Waals surface area (Å²) in [6.45, 7) is 15.5. The van der Waals surface area contributed by atoms with E-state index in [0.29, 0.717) is 68.5 Å². The number of anilines is 3. The van der Waals surface area contributed by atoms with E-state index in [1.54, 1.807) is 18.6 Å². The zero-order chi connectivity index (χ0) is 38.5. The van der Waals surface area contributed by atoms with Crippen molar-refractivity contribution in [1.29, 1.82) is 0 Å². The highest BCUT2D eigenvalue weighted by Gasteiger charge is 2.56. The molecule has 3 fully saturated rings. The van der Waals surface area contributed by atoms with E-state index in [-0.39, 0.29) is 29.6 Å². The minimum atomic E-state index is -0.667. The lowest BCUT2D eigenvalue weighted by molar-refractivity contribution is -0.136. The van der Waals surface area contributed by atoms with Crippen molar-refractivity contribution in [2.75, 3.05) is 49.6 Å². The summed E-state index contributed by atoms with van der Waals surface area (Å²) in [5.74, 6) is 0.361. The molecule has 1 aromatic carbocycles. The van der Waals surface area contributed by atoms with Crippen molar-refractivity contribution in [2.45, 2.75) is 110 Å². The Bertz CT molecular complexity index is 2070. The number of carbonyl (C=O) groups excluding carboxylic acids is 2. The Balaban J connectivity index is 1.12. The fraction of sp³-hybridized carbons (Fsp3) is 0.558. The average Bonchev–Trinajstić information content (AvgIpc) is 3.81. The smallest absolute Gasteiger partial charge is 0.238 e. The van der Waals surface area contributed by atoms with Gasteiger partial charge in [-0.3, -0.25) is 19.5 Å². The predicted octanol–water partition coefficient (Wildman–Crippen LogP) is 7.63. The minimum Gasteiger partial charge on any atom is -0.382 e. The summed E-state index contributed by atoms with van der Waals surface area (Å²) < 4.78 is 22.4. The molecule has 0 unspecified atom stereocenters. The Morgan fingerprint density at radius 2 is 1.85 bits per heavy atom. The topological polar surface area (TPSA) is 109 Å². The number of hydrogen-bond donors (Lipinski definition) is 1. The number of unbranched alkanes of at least 4 members (excludes halogenated alkanes) is 1. The summed E-state index contributed by atoms with van der Waals surface area (Å²) >= 11 is 0. The number of ether oxygens (including phenoxy) is 1. The van der Waals surface area contributed by atoms with Gasteiger partial charge in [0.1, 0.15) is 5.52 Å². The van der Waals surface area contributed by atoms with E-state index in [0.717, 1.165) is 66.6 Å². The normalized spacial score (nSPS) is 21.8. The fourth-order valence-electron chi connectivity index (χ4n) is 9.34. The van der Waals surface area contributed by atoms with Crippen LogP contribution in [0.5, 0.6) is 0 Å². The van der Waals surface area contributed by atoms with Gasteiger partial charge in [-0.2, -0.15) is 0 Å². The van der Waals surface area contributed by atoms with E-state index in [1.807, 2.05) is 22.5 Å². The number of aromatic nitrogens is 4. The number of nitrogens with one attached hydrogen (secondary N) is 1. The van der Waals surface area contributed by atoms with Gasteiger partial charge in [0.05, 0.1) is 34.8 Å². The van der Waals surface area contributed by atoms with Crippen molar-refractivity contribution in [3.05, 3.63) is 60.4 Å². The van der Waals surface area contributed by atoms with Gasteiger partial charge < -0.3 is 24.4 Å². The first-order valence-corrected chi connectivity index (χ1v) is 20.3. The number of likely N-dealkylation sites (tertiary alicyclic amines) is 2. The highest BCUT2D eigenvalue weighted by Crippen LogP contribution is 2.52. The molecule has 3 aliphatic heterocycles. The number of pyridine rings is 2. The van der Waals surface area contributed by atoms with Gasteiger partial charge in [0, 0.05) is 74.8 Å². The number of halogens is 1. The Labute approximate surface area is 323 Å². The molecule has 4 aliphatic rings. The van der Waals surface area contributed by atoms with Crippen LogP contribution in [0, 0.1) is 11.2 Å². The lowest BCUT2D eigenvalue weighted by atomic mass is 9.73. The van der Waals surface area contributed by atoms with E-state index < -0.39 is 11.2 Å². The molecule has 0 radical (unpaired) electrons. The number of piperidine rings is 1. The van der Waals surface area contributed by atoms with Gasteiger partial charge in [0.2, 0.25) is 11.8 Å². The largest absolute Gasteiger partial charge is 0.382 e. The van der Waals surface area contributed by atoms with Gasteiger partial charge in [-0.25, -0.2) is 14.4 Å². The van der Waals surface area contributed by atoms with Crippen LogP contribution in [-0.2, 0) is 19.7 Å². The first kappa shape index (κ1) is 37.5. The van der Waals surface area contributed by atoms with E-state index >= 15 is 0 Å². The predicted molar refractivity (Wildman–Crippen MR) is 213 cm³/mol. The highest BCUT2D eigenvalue weighted by molar-refractivity contribution is 6.09. The molecule has 292 valence electrons. The number of carbonyl (C=O) groups is 2. The van der Waals surface area contributed by atoms with Gasteiger partial charge in [-0.15, -0.1) is 0 Å². The molecule has 11 nitrogen and oxygen atoms in total. The van der Waals surface area contributed by atoms with Crippen LogP contribution >= 0.6 is 0 Å². The average molecular weight is 751 g/mol. The van der Waals surface area contributed by atoms with Crippen LogP contribution in [0.3, 0.4) is 0 Å². The van der Waals surface area contributed by atoms with Crippen molar-refractivity contribution < 1.29 is 18.7 Å². The van der Waals surface area contributed by atoms with Crippen LogP contribution < -0.4 is 10.2 Å². The second-order valence-corrected chi connectivity index (χ2v) is 17.1. The summed E-state index contributed by atoms with van der Waals surface area (Å²) in [5, 5.41) is 3.24. The van der Waals surface area contributed by atoms with Gasteiger partial charge in [-0.05, 0) is 101 Å². The third-order valence-corrected chi connectivity index (χ3v) is 12.6. The maximum atomic E-state index is 14.9. The first-order valence-electron chi connectivity index (χ1n) is 20.3. The molecule has 0 bridgehead atoms. The molecule has 2 saturated heterocycles. The Morgan fingerprint density at radius 3 is 2.56 bits per heavy atom. The zero-order valence-electron chi connectivity index (χ0n) is 33.0. The molecule has 3 aromatic heterocycles. The van der Waals surface area contributed by atoms with Gasteiger partial charge >= 0.3 is 0 Å². The molecule has 1 N–H and O–H groups in total. The van der Waals surface area contributed by atoms with Crippen LogP contribution in [-0.4, -0.2) is 92.6 Å².